The van der Waals surface area contributed by atoms with Gasteiger partial charge in [-0.3, -0.25) is 4.79 Å². The first-order valence-corrected chi connectivity index (χ1v) is 9.19. The molecule has 3 N–H and O–H groups in total. The fraction of sp³-hybridized carbons (Fsp3) is 0.235. The van der Waals surface area contributed by atoms with Crippen LogP contribution in [0.2, 0.25) is 0 Å². The molecule has 0 atom stereocenters. The Kier molecular flexibility index (Phi) is 7.30. The van der Waals surface area contributed by atoms with Crippen molar-refractivity contribution in [2.24, 2.45) is 0 Å². The topological polar surface area (TPSA) is 56.9 Å². The summed E-state index contributed by atoms with van der Waals surface area (Å²) in [6, 6.07) is 11.3. The van der Waals surface area contributed by atoms with Crippen molar-refractivity contribution >= 4 is 56.4 Å². The standard InChI is InChI=1S/C17H18BrN3OS.ClH/c18-12-8-13(23-11-12)10-19-6-3-7-20-17-9-16(22)14-4-1-2-5-15(14)21-17;/h1-2,4-5,8-9,11,19H,3,6-7,10H2,(H2,20,21,22);1H. The van der Waals surface area contributed by atoms with Gasteiger partial charge < -0.3 is 15.6 Å². The van der Waals surface area contributed by atoms with E-state index in [1.165, 1.54) is 4.88 Å². The Bertz CT molecular complexity index is 849. The molecule has 3 aromatic rings. The largest absolute Gasteiger partial charge is 0.371 e. The highest BCUT2D eigenvalue weighted by Crippen LogP contribution is 2.19. The third-order valence-electron chi connectivity index (χ3n) is 3.50. The second-order valence-electron chi connectivity index (χ2n) is 5.28. The predicted molar refractivity (Wildman–Crippen MR) is 109 cm³/mol. The van der Waals surface area contributed by atoms with Crippen molar-refractivity contribution in [3.8, 4) is 0 Å². The van der Waals surface area contributed by atoms with Gasteiger partial charge in [-0.1, -0.05) is 12.1 Å². The molecule has 0 spiro atoms. The summed E-state index contributed by atoms with van der Waals surface area (Å²) in [5.74, 6) is 0.774. The molecule has 1 aromatic carbocycles. The molecule has 3 rings (SSSR count). The number of aromatic amines is 1. The molecule has 2 aromatic heterocycles. The summed E-state index contributed by atoms with van der Waals surface area (Å²) in [5, 5.41) is 9.52. The zero-order valence-electron chi connectivity index (χ0n) is 13.0. The molecule has 24 heavy (non-hydrogen) atoms. The molecule has 0 aliphatic heterocycles. The van der Waals surface area contributed by atoms with Crippen molar-refractivity contribution in [1.82, 2.24) is 10.3 Å². The summed E-state index contributed by atoms with van der Waals surface area (Å²) in [6.45, 7) is 2.64. The zero-order valence-corrected chi connectivity index (χ0v) is 16.2. The van der Waals surface area contributed by atoms with E-state index in [1.54, 1.807) is 17.4 Å². The van der Waals surface area contributed by atoms with E-state index in [1.807, 2.05) is 24.3 Å². The maximum atomic E-state index is 12.0. The highest BCUT2D eigenvalue weighted by molar-refractivity contribution is 9.10. The van der Waals surface area contributed by atoms with E-state index in [9.17, 15) is 4.79 Å². The first kappa shape index (κ1) is 19.0. The van der Waals surface area contributed by atoms with Gasteiger partial charge in [-0.2, -0.15) is 0 Å². The van der Waals surface area contributed by atoms with Crippen LogP contribution in [0.4, 0.5) is 5.82 Å². The van der Waals surface area contributed by atoms with Crippen LogP contribution in [0.1, 0.15) is 11.3 Å². The van der Waals surface area contributed by atoms with E-state index in [-0.39, 0.29) is 17.8 Å². The molecule has 0 bridgehead atoms. The lowest BCUT2D eigenvalue weighted by atomic mass is 10.2. The minimum absolute atomic E-state index is 0. The number of H-pyrrole nitrogens is 1. The minimum atomic E-state index is 0. The molecule has 0 unspecified atom stereocenters. The van der Waals surface area contributed by atoms with Gasteiger partial charge in [0.2, 0.25) is 0 Å². The summed E-state index contributed by atoms with van der Waals surface area (Å²) in [6.07, 6.45) is 0.988. The maximum absolute atomic E-state index is 12.0. The number of thiophene rings is 1. The Morgan fingerprint density at radius 1 is 1.17 bits per heavy atom. The quantitative estimate of drug-likeness (QED) is 0.490. The van der Waals surface area contributed by atoms with E-state index in [0.717, 1.165) is 47.2 Å². The SMILES string of the molecule is Cl.O=c1cc(NCCCNCc2cc(Br)cs2)[nH]c2ccccc12. The van der Waals surface area contributed by atoms with E-state index in [0.29, 0.717) is 0 Å². The van der Waals surface area contributed by atoms with Crippen LogP contribution in [0.15, 0.2) is 51.0 Å². The van der Waals surface area contributed by atoms with Crippen LogP contribution in [0, 0.1) is 0 Å². The first-order chi connectivity index (χ1) is 11.2. The number of hydrogen-bond donors (Lipinski definition) is 3. The Labute approximate surface area is 159 Å². The Hall–Kier alpha value is -1.34. The summed E-state index contributed by atoms with van der Waals surface area (Å²) in [4.78, 5) is 16.6. The normalized spacial score (nSPS) is 10.5. The summed E-state index contributed by atoms with van der Waals surface area (Å²) in [7, 11) is 0. The number of fused-ring (bicyclic) bond motifs is 1. The number of halogens is 2. The van der Waals surface area contributed by atoms with Gasteiger partial charge in [-0.05, 0) is 47.1 Å². The molecule has 0 fully saturated rings. The lowest BCUT2D eigenvalue weighted by Crippen LogP contribution is -2.17. The number of rotatable bonds is 7. The van der Waals surface area contributed by atoms with Crippen molar-refractivity contribution < 1.29 is 0 Å². The third kappa shape index (κ3) is 5.08. The van der Waals surface area contributed by atoms with Crippen molar-refractivity contribution in [1.29, 1.82) is 0 Å². The van der Waals surface area contributed by atoms with Gasteiger partial charge in [0.1, 0.15) is 5.82 Å². The van der Waals surface area contributed by atoms with Crippen LogP contribution in [0.25, 0.3) is 10.9 Å². The number of hydrogen-bond acceptors (Lipinski definition) is 4. The van der Waals surface area contributed by atoms with Gasteiger partial charge in [0.15, 0.2) is 5.43 Å². The van der Waals surface area contributed by atoms with Gasteiger partial charge in [-0.25, -0.2) is 0 Å². The second-order valence-corrected chi connectivity index (χ2v) is 7.19. The average molecular weight is 429 g/mol. The van der Waals surface area contributed by atoms with Crippen LogP contribution >= 0.6 is 39.7 Å². The monoisotopic (exact) mass is 427 g/mol. The fourth-order valence-electron chi connectivity index (χ4n) is 2.39. The molecule has 2 heterocycles. The highest BCUT2D eigenvalue weighted by atomic mass is 79.9. The smallest absolute Gasteiger partial charge is 0.191 e. The number of anilines is 1. The van der Waals surface area contributed by atoms with Crippen molar-refractivity contribution in [3.05, 3.63) is 61.4 Å². The molecule has 0 aliphatic rings. The molecule has 0 amide bonds. The molecule has 7 heteroatoms. The Morgan fingerprint density at radius 3 is 2.79 bits per heavy atom. The molecule has 0 radical (unpaired) electrons. The van der Waals surface area contributed by atoms with E-state index in [2.05, 4.69) is 43.0 Å². The highest BCUT2D eigenvalue weighted by Gasteiger charge is 2.01. The molecule has 0 saturated heterocycles. The van der Waals surface area contributed by atoms with Crippen LogP contribution in [0.3, 0.4) is 0 Å². The van der Waals surface area contributed by atoms with Gasteiger partial charge >= 0.3 is 0 Å². The van der Waals surface area contributed by atoms with E-state index >= 15 is 0 Å². The summed E-state index contributed by atoms with van der Waals surface area (Å²) in [5.41, 5.74) is 0.909. The molecular formula is C17H19BrClN3OS. The second kappa shape index (κ2) is 9.22. The van der Waals surface area contributed by atoms with E-state index in [4.69, 9.17) is 0 Å². The predicted octanol–water partition coefficient (Wildman–Crippen LogP) is 4.37. The number of benzene rings is 1. The van der Waals surface area contributed by atoms with Crippen LogP contribution in [0.5, 0.6) is 0 Å². The third-order valence-corrected chi connectivity index (χ3v) is 5.20. The molecule has 0 saturated carbocycles. The average Bonchev–Trinajstić information content (AvgIpc) is 2.96. The van der Waals surface area contributed by atoms with Crippen molar-refractivity contribution in [3.63, 3.8) is 0 Å². The number of para-hydroxylation sites is 1. The van der Waals surface area contributed by atoms with E-state index < -0.39 is 0 Å². The summed E-state index contributed by atoms with van der Waals surface area (Å²) >= 11 is 5.21. The lowest BCUT2D eigenvalue weighted by molar-refractivity contribution is 0.668. The maximum Gasteiger partial charge on any atom is 0.191 e. The Balaban J connectivity index is 0.00000208. The molecule has 4 nitrogen and oxygen atoms in total. The van der Waals surface area contributed by atoms with Crippen LogP contribution in [-0.4, -0.2) is 18.1 Å². The molecular weight excluding hydrogens is 410 g/mol. The van der Waals surface area contributed by atoms with Crippen molar-refractivity contribution in [2.45, 2.75) is 13.0 Å². The molecule has 128 valence electrons. The number of aromatic nitrogens is 1. The zero-order chi connectivity index (χ0) is 16.1. The lowest BCUT2D eigenvalue weighted by Gasteiger charge is -2.08. The van der Waals surface area contributed by atoms with Crippen LogP contribution < -0.4 is 16.1 Å². The summed E-state index contributed by atoms with van der Waals surface area (Å²) < 4.78 is 1.14. The number of pyridine rings is 1. The first-order valence-electron chi connectivity index (χ1n) is 7.52. The minimum Gasteiger partial charge on any atom is -0.371 e. The number of nitrogens with one attached hydrogen (secondary N) is 3. The fourth-order valence-corrected chi connectivity index (χ4v) is 3.81. The van der Waals surface area contributed by atoms with Crippen LogP contribution in [-0.2, 0) is 6.54 Å². The van der Waals surface area contributed by atoms with Crippen molar-refractivity contribution in [2.75, 3.05) is 18.4 Å². The molecule has 0 aliphatic carbocycles. The van der Waals surface area contributed by atoms with Gasteiger partial charge in [0.05, 0.1) is 5.52 Å². The van der Waals surface area contributed by atoms with Gasteiger partial charge in [-0.15, -0.1) is 23.7 Å². The van der Waals surface area contributed by atoms with Gasteiger partial charge in [0, 0.05) is 39.3 Å². The Morgan fingerprint density at radius 2 is 2.00 bits per heavy atom. The van der Waals surface area contributed by atoms with Gasteiger partial charge in [0.25, 0.3) is 0 Å².